The van der Waals surface area contributed by atoms with Crippen LogP contribution in [0.4, 0.5) is 0 Å². The molecule has 1 N–H and O–H groups in total. The molecule has 106 valence electrons. The molecule has 2 aromatic rings. The number of fused-ring (bicyclic) bond motifs is 1. The van der Waals surface area contributed by atoms with Crippen LogP contribution in [0, 0.1) is 0 Å². The van der Waals surface area contributed by atoms with E-state index in [2.05, 4.69) is 9.71 Å². The normalized spacial score (nSPS) is 17.8. The van der Waals surface area contributed by atoms with Crippen LogP contribution < -0.4 is 9.46 Å². The molecule has 1 atom stereocenters. The molecule has 2 heterocycles. The van der Waals surface area contributed by atoms with Crippen molar-refractivity contribution in [3.63, 3.8) is 0 Å². The second kappa shape index (κ2) is 4.76. The van der Waals surface area contributed by atoms with E-state index < -0.39 is 16.1 Å². The molecule has 1 aromatic heterocycles. The Balaban J connectivity index is 1.91. The van der Waals surface area contributed by atoms with Gasteiger partial charge in [-0.3, -0.25) is 0 Å². The minimum absolute atomic E-state index is 0.0738. The topological polar surface area (TPSA) is 73.2 Å². The molecule has 0 aliphatic carbocycles. The summed E-state index contributed by atoms with van der Waals surface area (Å²) in [7, 11) is -2.16. The number of hydrogen-bond donors (Lipinski definition) is 1. The Hall–Kier alpha value is -1.57. The van der Waals surface area contributed by atoms with Gasteiger partial charge in [0.2, 0.25) is 5.03 Å². The van der Waals surface area contributed by atoms with Crippen LogP contribution in [-0.4, -0.2) is 24.6 Å². The molecule has 0 fully saturated rings. The van der Waals surface area contributed by atoms with Crippen LogP contribution >= 0.6 is 11.6 Å². The van der Waals surface area contributed by atoms with E-state index in [0.717, 1.165) is 5.56 Å². The van der Waals surface area contributed by atoms with E-state index in [1.54, 1.807) is 13.1 Å². The van der Waals surface area contributed by atoms with Crippen LogP contribution in [0.15, 0.2) is 35.6 Å². The zero-order valence-electron chi connectivity index (χ0n) is 10.6. The first-order chi connectivity index (χ1) is 9.49. The van der Waals surface area contributed by atoms with Gasteiger partial charge in [0, 0.05) is 12.6 Å². The number of nitrogens with one attached hydrogen (secondary N) is 1. The number of halogens is 1. The van der Waals surface area contributed by atoms with Crippen molar-refractivity contribution in [3.8, 4) is 5.75 Å². The second-order valence-corrected chi connectivity index (χ2v) is 6.46. The maximum Gasteiger partial charge on any atom is 0.261 e. The van der Waals surface area contributed by atoms with Crippen molar-refractivity contribution >= 4 is 21.6 Å². The lowest BCUT2D eigenvalue weighted by Gasteiger charge is -2.11. The molecule has 0 radical (unpaired) electrons. The minimum atomic E-state index is -3.79. The summed E-state index contributed by atoms with van der Waals surface area (Å²) in [4.78, 5) is 3.82. The number of imidazole rings is 1. The highest BCUT2D eigenvalue weighted by molar-refractivity contribution is 7.89. The van der Waals surface area contributed by atoms with Gasteiger partial charge in [-0.1, -0.05) is 29.8 Å². The zero-order chi connectivity index (χ0) is 14.3. The first kappa shape index (κ1) is 13.4. The average Bonchev–Trinajstić information content (AvgIpc) is 2.96. The van der Waals surface area contributed by atoms with E-state index in [9.17, 15) is 8.42 Å². The number of hydrogen-bond acceptors (Lipinski definition) is 4. The lowest BCUT2D eigenvalue weighted by atomic mass is 10.1. The molecule has 1 aromatic carbocycles. The Bertz CT molecular complexity index is 757. The van der Waals surface area contributed by atoms with Crippen LogP contribution in [0.5, 0.6) is 5.75 Å². The molecule has 6 nitrogen and oxygen atoms in total. The van der Waals surface area contributed by atoms with Crippen molar-refractivity contribution in [2.45, 2.75) is 11.1 Å². The fourth-order valence-electron chi connectivity index (χ4n) is 2.08. The molecule has 0 spiro atoms. The number of rotatable bonds is 3. The van der Waals surface area contributed by atoms with Crippen molar-refractivity contribution in [2.24, 2.45) is 7.05 Å². The van der Waals surface area contributed by atoms with Gasteiger partial charge in [0.25, 0.3) is 10.0 Å². The standard InChI is InChI=1S/C12H12ClN3O3S/c1-16-7-14-12(11(16)13)20(17,18)15-9-6-19-10-5-3-2-4-8(9)10/h2-5,7,9,15H,6H2,1H3. The van der Waals surface area contributed by atoms with Gasteiger partial charge in [0.05, 0.1) is 12.4 Å². The Morgan fingerprint density at radius 3 is 2.90 bits per heavy atom. The molecule has 1 aliphatic rings. The van der Waals surface area contributed by atoms with Gasteiger partial charge in [-0.15, -0.1) is 0 Å². The number of para-hydroxylation sites is 1. The highest BCUT2D eigenvalue weighted by Crippen LogP contribution is 2.33. The zero-order valence-corrected chi connectivity index (χ0v) is 12.1. The van der Waals surface area contributed by atoms with Crippen molar-refractivity contribution in [1.82, 2.24) is 14.3 Å². The number of ether oxygens (including phenoxy) is 1. The highest BCUT2D eigenvalue weighted by atomic mass is 35.5. The largest absolute Gasteiger partial charge is 0.491 e. The molecule has 1 aliphatic heterocycles. The number of sulfonamides is 1. The van der Waals surface area contributed by atoms with Crippen molar-refractivity contribution < 1.29 is 13.2 Å². The Morgan fingerprint density at radius 2 is 2.20 bits per heavy atom. The van der Waals surface area contributed by atoms with Gasteiger partial charge < -0.3 is 9.30 Å². The summed E-state index contributed by atoms with van der Waals surface area (Å²) in [5.74, 6) is 0.687. The Kier molecular flexibility index (Phi) is 3.19. The number of nitrogens with zero attached hydrogens (tertiary/aromatic N) is 2. The van der Waals surface area contributed by atoms with E-state index in [4.69, 9.17) is 16.3 Å². The quantitative estimate of drug-likeness (QED) is 0.931. The van der Waals surface area contributed by atoms with Crippen LogP contribution in [0.2, 0.25) is 5.15 Å². The number of aryl methyl sites for hydroxylation is 1. The third kappa shape index (κ3) is 2.17. The Morgan fingerprint density at radius 1 is 1.45 bits per heavy atom. The summed E-state index contributed by atoms with van der Waals surface area (Å²) in [6.45, 7) is 0.253. The second-order valence-electron chi connectivity index (χ2n) is 4.47. The smallest absolute Gasteiger partial charge is 0.261 e. The summed E-state index contributed by atoms with van der Waals surface area (Å²) < 4.78 is 34.1. The molecule has 0 saturated carbocycles. The number of benzene rings is 1. The summed E-state index contributed by atoms with van der Waals surface area (Å²) in [6, 6.07) is 6.87. The van der Waals surface area contributed by atoms with Gasteiger partial charge >= 0.3 is 0 Å². The fraction of sp³-hybridized carbons (Fsp3) is 0.250. The van der Waals surface area contributed by atoms with Crippen molar-refractivity contribution in [3.05, 3.63) is 41.3 Å². The molecule has 0 bridgehead atoms. The summed E-state index contributed by atoms with van der Waals surface area (Å²) in [6.07, 6.45) is 1.36. The van der Waals surface area contributed by atoms with Gasteiger partial charge in [0.15, 0.2) is 0 Å². The lowest BCUT2D eigenvalue weighted by Crippen LogP contribution is -2.30. The SMILES string of the molecule is Cn1cnc(S(=O)(=O)NC2COc3ccccc32)c1Cl. The van der Waals surface area contributed by atoms with Crippen molar-refractivity contribution in [2.75, 3.05) is 6.61 Å². The van der Waals surface area contributed by atoms with Gasteiger partial charge in [-0.25, -0.2) is 13.4 Å². The first-order valence-corrected chi connectivity index (χ1v) is 7.76. The van der Waals surface area contributed by atoms with E-state index in [-0.39, 0.29) is 16.8 Å². The van der Waals surface area contributed by atoms with Crippen molar-refractivity contribution in [1.29, 1.82) is 0 Å². The summed E-state index contributed by atoms with van der Waals surface area (Å²) in [5.41, 5.74) is 0.808. The molecule has 20 heavy (non-hydrogen) atoms. The highest BCUT2D eigenvalue weighted by Gasteiger charge is 2.31. The van der Waals surface area contributed by atoms with Gasteiger partial charge in [-0.2, -0.15) is 4.72 Å². The fourth-order valence-corrected chi connectivity index (χ4v) is 3.71. The van der Waals surface area contributed by atoms with Gasteiger partial charge in [0.1, 0.15) is 17.5 Å². The van der Waals surface area contributed by atoms with E-state index in [1.165, 1.54) is 10.9 Å². The van der Waals surface area contributed by atoms with E-state index in [1.807, 2.05) is 18.2 Å². The predicted molar refractivity (Wildman–Crippen MR) is 73.2 cm³/mol. The maximum absolute atomic E-state index is 12.3. The summed E-state index contributed by atoms with van der Waals surface area (Å²) >= 11 is 5.93. The molecule has 1 unspecified atom stereocenters. The van der Waals surface area contributed by atoms with Crippen LogP contribution in [0.25, 0.3) is 0 Å². The lowest BCUT2D eigenvalue weighted by molar-refractivity contribution is 0.325. The predicted octanol–water partition coefficient (Wildman–Crippen LogP) is 1.49. The minimum Gasteiger partial charge on any atom is -0.491 e. The molecular formula is C12H12ClN3O3S. The molecular weight excluding hydrogens is 302 g/mol. The first-order valence-electron chi connectivity index (χ1n) is 5.90. The maximum atomic E-state index is 12.3. The van der Waals surface area contributed by atoms with Crippen LogP contribution in [0.1, 0.15) is 11.6 Å². The average molecular weight is 314 g/mol. The van der Waals surface area contributed by atoms with E-state index in [0.29, 0.717) is 5.75 Å². The molecule has 8 heteroatoms. The summed E-state index contributed by atoms with van der Waals surface area (Å²) in [5, 5.41) is -0.101. The van der Waals surface area contributed by atoms with Crippen LogP contribution in [0.3, 0.4) is 0 Å². The third-order valence-electron chi connectivity index (χ3n) is 3.09. The van der Waals surface area contributed by atoms with Gasteiger partial charge in [-0.05, 0) is 6.07 Å². The monoisotopic (exact) mass is 313 g/mol. The third-order valence-corrected chi connectivity index (χ3v) is 5.05. The Labute approximate surface area is 121 Å². The molecule has 0 amide bonds. The molecule has 0 saturated heterocycles. The van der Waals surface area contributed by atoms with E-state index >= 15 is 0 Å². The molecule has 3 rings (SSSR count). The number of aromatic nitrogens is 2. The van der Waals surface area contributed by atoms with Crippen LogP contribution in [-0.2, 0) is 17.1 Å².